The van der Waals surface area contributed by atoms with Crippen molar-refractivity contribution < 1.29 is 9.13 Å². The number of nitrogens with zero attached hydrogens (tertiary/aromatic N) is 1. The van der Waals surface area contributed by atoms with Crippen LogP contribution in [0.4, 0.5) is 4.39 Å². The van der Waals surface area contributed by atoms with Crippen molar-refractivity contribution in [2.75, 3.05) is 39.5 Å². The average molecular weight is 230 g/mol. The molecule has 2 saturated heterocycles. The Morgan fingerprint density at radius 2 is 1.88 bits per heavy atom. The van der Waals surface area contributed by atoms with Crippen molar-refractivity contribution in [2.45, 2.75) is 31.7 Å². The Kier molecular flexibility index (Phi) is 4.16. The van der Waals surface area contributed by atoms with E-state index in [4.69, 9.17) is 10.5 Å². The molecule has 2 aliphatic rings. The van der Waals surface area contributed by atoms with Gasteiger partial charge >= 0.3 is 0 Å². The highest BCUT2D eigenvalue weighted by Crippen LogP contribution is 2.32. The quantitative estimate of drug-likeness (QED) is 0.791. The molecule has 0 unspecified atom stereocenters. The molecule has 0 atom stereocenters. The number of alkyl halides is 1. The van der Waals surface area contributed by atoms with Crippen molar-refractivity contribution in [1.82, 2.24) is 4.90 Å². The maximum atomic E-state index is 13.0. The van der Waals surface area contributed by atoms with Crippen LogP contribution in [0.5, 0.6) is 0 Å². The number of rotatable bonds is 3. The lowest BCUT2D eigenvalue weighted by atomic mass is 9.79. The third-order valence-electron chi connectivity index (χ3n) is 4.28. The van der Waals surface area contributed by atoms with E-state index >= 15 is 0 Å². The summed E-state index contributed by atoms with van der Waals surface area (Å²) in [5.41, 5.74) is 5.47. The van der Waals surface area contributed by atoms with Gasteiger partial charge in [-0.1, -0.05) is 0 Å². The Morgan fingerprint density at radius 3 is 2.38 bits per heavy atom. The Balaban J connectivity index is 1.84. The zero-order valence-electron chi connectivity index (χ0n) is 9.96. The highest BCUT2D eigenvalue weighted by molar-refractivity contribution is 4.89. The first kappa shape index (κ1) is 12.3. The Hall–Kier alpha value is -0.190. The number of likely N-dealkylation sites (tertiary alicyclic amines) is 1. The molecule has 16 heavy (non-hydrogen) atoms. The summed E-state index contributed by atoms with van der Waals surface area (Å²) >= 11 is 0. The topological polar surface area (TPSA) is 38.5 Å². The van der Waals surface area contributed by atoms with Crippen molar-refractivity contribution in [3.63, 3.8) is 0 Å². The number of hydrogen-bond acceptors (Lipinski definition) is 3. The van der Waals surface area contributed by atoms with Crippen molar-refractivity contribution in [1.29, 1.82) is 0 Å². The lowest BCUT2D eigenvalue weighted by molar-refractivity contribution is 0.00192. The van der Waals surface area contributed by atoms with E-state index in [1.807, 2.05) is 0 Å². The summed E-state index contributed by atoms with van der Waals surface area (Å²) in [6.07, 6.45) is 4.09. The fourth-order valence-electron chi connectivity index (χ4n) is 2.81. The monoisotopic (exact) mass is 230 g/mol. The molecule has 0 saturated carbocycles. The van der Waals surface area contributed by atoms with E-state index < -0.39 is 0 Å². The molecular formula is C12H23FN2O. The van der Waals surface area contributed by atoms with E-state index in [2.05, 4.69) is 4.90 Å². The highest BCUT2D eigenvalue weighted by Gasteiger charge is 2.35. The van der Waals surface area contributed by atoms with Crippen LogP contribution in [0.2, 0.25) is 0 Å². The summed E-state index contributed by atoms with van der Waals surface area (Å²) in [4.78, 5) is 2.51. The summed E-state index contributed by atoms with van der Waals surface area (Å²) in [5, 5.41) is 0. The summed E-state index contributed by atoms with van der Waals surface area (Å²) in [6.45, 7) is 4.01. The van der Waals surface area contributed by atoms with E-state index in [1.165, 1.54) is 0 Å². The normalized spacial score (nSPS) is 28.1. The molecule has 2 rings (SSSR count). The molecular weight excluding hydrogens is 207 g/mol. The zero-order chi connectivity index (χ0) is 11.4. The maximum absolute atomic E-state index is 13.0. The van der Waals surface area contributed by atoms with Gasteiger partial charge < -0.3 is 15.4 Å². The third kappa shape index (κ3) is 2.55. The van der Waals surface area contributed by atoms with Gasteiger partial charge in [-0.25, -0.2) is 0 Å². The smallest absolute Gasteiger partial charge is 0.0963 e. The van der Waals surface area contributed by atoms with Gasteiger partial charge in [0.1, 0.15) is 0 Å². The molecule has 2 heterocycles. The molecule has 0 amide bonds. The van der Waals surface area contributed by atoms with E-state index in [0.717, 1.165) is 52.0 Å². The van der Waals surface area contributed by atoms with Crippen LogP contribution in [0.25, 0.3) is 0 Å². The molecule has 3 nitrogen and oxygen atoms in total. The van der Waals surface area contributed by atoms with Crippen LogP contribution < -0.4 is 5.73 Å². The van der Waals surface area contributed by atoms with Gasteiger partial charge in [-0.2, -0.15) is 0 Å². The number of hydrogen-bond donors (Lipinski definition) is 1. The molecule has 0 aromatic carbocycles. The maximum Gasteiger partial charge on any atom is 0.0963 e. The number of nitrogens with two attached hydrogens (primary N) is 1. The minimum atomic E-state index is -0.259. The molecule has 2 aliphatic heterocycles. The second kappa shape index (κ2) is 5.43. The molecule has 94 valence electrons. The largest absolute Gasteiger partial charge is 0.381 e. The van der Waals surface area contributed by atoms with Crippen LogP contribution in [0, 0.1) is 5.41 Å². The fraction of sp³-hybridized carbons (Fsp3) is 1.00. The molecule has 0 radical (unpaired) electrons. The third-order valence-corrected chi connectivity index (χ3v) is 4.28. The molecule has 0 aliphatic carbocycles. The minimum absolute atomic E-state index is 0.221. The summed E-state index contributed by atoms with van der Waals surface area (Å²) < 4.78 is 18.4. The highest BCUT2D eigenvalue weighted by atomic mass is 19.1. The van der Waals surface area contributed by atoms with Crippen LogP contribution >= 0.6 is 0 Å². The number of piperidine rings is 1. The number of ether oxygens (including phenoxy) is 1. The van der Waals surface area contributed by atoms with Crippen molar-refractivity contribution in [3.8, 4) is 0 Å². The molecule has 2 N–H and O–H groups in total. The van der Waals surface area contributed by atoms with Gasteiger partial charge in [0.05, 0.1) is 6.67 Å². The van der Waals surface area contributed by atoms with E-state index in [9.17, 15) is 4.39 Å². The van der Waals surface area contributed by atoms with Crippen LogP contribution in [0.1, 0.15) is 25.7 Å². The molecule has 0 bridgehead atoms. The first-order valence-electron chi connectivity index (χ1n) is 6.37. The van der Waals surface area contributed by atoms with Gasteiger partial charge in [0.2, 0.25) is 0 Å². The first-order valence-corrected chi connectivity index (χ1v) is 6.37. The van der Waals surface area contributed by atoms with Gasteiger partial charge in [0.25, 0.3) is 0 Å². The predicted octanol–water partition coefficient (Wildman–Crippen LogP) is 1.18. The zero-order valence-corrected chi connectivity index (χ0v) is 9.96. The van der Waals surface area contributed by atoms with Crippen molar-refractivity contribution in [2.24, 2.45) is 11.1 Å². The van der Waals surface area contributed by atoms with Crippen molar-refractivity contribution >= 4 is 0 Å². The summed E-state index contributed by atoms with van der Waals surface area (Å²) in [5.74, 6) is 0. The van der Waals surface area contributed by atoms with Crippen LogP contribution in [0.3, 0.4) is 0 Å². The lowest BCUT2D eigenvalue weighted by Gasteiger charge is -2.43. The van der Waals surface area contributed by atoms with Gasteiger partial charge in [-0.3, -0.25) is 4.39 Å². The number of halogens is 1. The van der Waals surface area contributed by atoms with E-state index in [1.54, 1.807) is 0 Å². The second-order valence-corrected chi connectivity index (χ2v) is 5.22. The Bertz CT molecular complexity index is 205. The van der Waals surface area contributed by atoms with Crippen LogP contribution in [-0.2, 0) is 4.74 Å². The molecule has 0 spiro atoms. The SMILES string of the molecule is NCC1(CF)CCN(C2CCOCC2)CC1. The van der Waals surface area contributed by atoms with E-state index in [-0.39, 0.29) is 12.1 Å². The summed E-state index contributed by atoms with van der Waals surface area (Å²) in [6, 6.07) is 0.657. The van der Waals surface area contributed by atoms with Gasteiger partial charge in [-0.15, -0.1) is 0 Å². The lowest BCUT2D eigenvalue weighted by Crippen LogP contribution is -2.49. The molecule has 0 aromatic rings. The van der Waals surface area contributed by atoms with Crippen LogP contribution in [0.15, 0.2) is 0 Å². The molecule has 4 heteroatoms. The Morgan fingerprint density at radius 1 is 1.25 bits per heavy atom. The van der Waals surface area contributed by atoms with Gasteiger partial charge in [0.15, 0.2) is 0 Å². The minimum Gasteiger partial charge on any atom is -0.381 e. The van der Waals surface area contributed by atoms with Crippen LogP contribution in [-0.4, -0.2) is 50.5 Å². The van der Waals surface area contributed by atoms with E-state index in [0.29, 0.717) is 12.6 Å². The second-order valence-electron chi connectivity index (χ2n) is 5.22. The molecule has 2 fully saturated rings. The van der Waals surface area contributed by atoms with Crippen molar-refractivity contribution in [3.05, 3.63) is 0 Å². The van der Waals surface area contributed by atoms with Gasteiger partial charge in [0, 0.05) is 31.2 Å². The molecule has 0 aromatic heterocycles. The Labute approximate surface area is 97.1 Å². The predicted molar refractivity (Wildman–Crippen MR) is 62.1 cm³/mol. The van der Waals surface area contributed by atoms with Gasteiger partial charge in [-0.05, 0) is 38.8 Å². The summed E-state index contributed by atoms with van der Waals surface area (Å²) in [7, 11) is 0. The standard InChI is InChI=1S/C12H23FN2O/c13-9-12(10-14)3-5-15(6-4-12)11-1-7-16-8-2-11/h11H,1-10,14H2. The average Bonchev–Trinajstić information content (AvgIpc) is 2.40. The first-order chi connectivity index (χ1) is 7.79. The fourth-order valence-corrected chi connectivity index (χ4v) is 2.81.